The standard InChI is InChI=1S/C27H45N5O6/c1-7-10-16(8-2)19(21(34)17-12-13-17)30-26(38)31-22(27(4,5)6)25(37)32-14-9-11-18(32)24(36)29-15(3)20(33)23(28)35/h15-19,22H,7-14H2,1-6H3,(H2,28,35)(H,29,36)(H2,30,31,38)/t15?,16?,18-,19?,22?/m0/s1. The Hall–Kier alpha value is -2.98. The summed E-state index contributed by atoms with van der Waals surface area (Å²) in [6.07, 6.45) is 5.08. The maximum atomic E-state index is 13.7. The first-order valence-electron chi connectivity index (χ1n) is 13.8. The van der Waals surface area contributed by atoms with Crippen LogP contribution in [0.2, 0.25) is 0 Å². The van der Waals surface area contributed by atoms with E-state index in [4.69, 9.17) is 5.73 Å². The fourth-order valence-electron chi connectivity index (χ4n) is 5.04. The lowest BCUT2D eigenvalue weighted by Crippen LogP contribution is -2.61. The van der Waals surface area contributed by atoms with Gasteiger partial charge in [-0.05, 0) is 50.4 Å². The van der Waals surface area contributed by atoms with E-state index >= 15 is 0 Å². The zero-order valence-electron chi connectivity index (χ0n) is 23.6. The number of carbonyl (C=O) groups excluding carboxylic acids is 6. The molecule has 0 aromatic rings. The maximum Gasteiger partial charge on any atom is 0.316 e. The smallest absolute Gasteiger partial charge is 0.316 e. The van der Waals surface area contributed by atoms with Gasteiger partial charge in [0.25, 0.3) is 5.91 Å². The number of nitrogens with one attached hydrogen (secondary N) is 3. The number of primary amides is 1. The molecule has 11 nitrogen and oxygen atoms in total. The Kier molecular flexibility index (Phi) is 10.8. The van der Waals surface area contributed by atoms with E-state index in [0.29, 0.717) is 19.4 Å². The van der Waals surface area contributed by atoms with E-state index in [0.717, 1.165) is 32.1 Å². The number of ketones is 2. The van der Waals surface area contributed by atoms with Gasteiger partial charge in [-0.15, -0.1) is 0 Å². The van der Waals surface area contributed by atoms with Crippen molar-refractivity contribution in [2.45, 2.75) is 111 Å². The first-order chi connectivity index (χ1) is 17.7. The maximum absolute atomic E-state index is 13.7. The molecule has 214 valence electrons. The van der Waals surface area contributed by atoms with Gasteiger partial charge in [-0.2, -0.15) is 0 Å². The summed E-state index contributed by atoms with van der Waals surface area (Å²) in [4.78, 5) is 77.2. The van der Waals surface area contributed by atoms with Crippen LogP contribution in [0.25, 0.3) is 0 Å². The normalized spacial score (nSPS) is 20.6. The molecule has 1 aliphatic heterocycles. The molecule has 2 rings (SSSR count). The van der Waals surface area contributed by atoms with Crippen LogP contribution < -0.4 is 21.7 Å². The van der Waals surface area contributed by atoms with Gasteiger partial charge in [-0.25, -0.2) is 4.79 Å². The van der Waals surface area contributed by atoms with Gasteiger partial charge in [0.15, 0.2) is 5.78 Å². The van der Waals surface area contributed by atoms with Crippen molar-refractivity contribution < 1.29 is 28.8 Å². The summed E-state index contributed by atoms with van der Waals surface area (Å²) in [5, 5.41) is 8.14. The van der Waals surface area contributed by atoms with Crippen molar-refractivity contribution in [1.29, 1.82) is 0 Å². The van der Waals surface area contributed by atoms with Crippen molar-refractivity contribution in [3.63, 3.8) is 0 Å². The molecule has 1 saturated heterocycles. The molecular formula is C27H45N5O6. The van der Waals surface area contributed by atoms with Crippen molar-refractivity contribution in [3.8, 4) is 0 Å². The molecule has 5 N–H and O–H groups in total. The van der Waals surface area contributed by atoms with Crippen molar-refractivity contribution in [2.75, 3.05) is 6.54 Å². The van der Waals surface area contributed by atoms with Crippen LogP contribution in [0.1, 0.15) is 86.5 Å². The van der Waals surface area contributed by atoms with Gasteiger partial charge in [0.2, 0.25) is 17.6 Å². The zero-order valence-corrected chi connectivity index (χ0v) is 23.6. The van der Waals surface area contributed by atoms with E-state index < -0.39 is 59.1 Å². The van der Waals surface area contributed by atoms with Crippen LogP contribution in [0.4, 0.5) is 4.79 Å². The van der Waals surface area contributed by atoms with Crippen molar-refractivity contribution in [1.82, 2.24) is 20.9 Å². The first kappa shape index (κ1) is 31.2. The van der Waals surface area contributed by atoms with E-state index in [2.05, 4.69) is 16.0 Å². The average Bonchev–Trinajstić information content (AvgIpc) is 3.58. The van der Waals surface area contributed by atoms with Gasteiger partial charge in [0.05, 0.1) is 12.1 Å². The molecule has 0 bridgehead atoms. The zero-order chi connectivity index (χ0) is 28.8. The largest absolute Gasteiger partial charge is 0.363 e. The van der Waals surface area contributed by atoms with E-state index in [-0.39, 0.29) is 17.6 Å². The van der Waals surface area contributed by atoms with Crippen LogP contribution in [-0.2, 0) is 24.0 Å². The lowest BCUT2D eigenvalue weighted by atomic mass is 9.85. The van der Waals surface area contributed by atoms with Crippen molar-refractivity contribution in [3.05, 3.63) is 0 Å². The number of amides is 5. The molecule has 4 unspecified atom stereocenters. The van der Waals surface area contributed by atoms with Crippen molar-refractivity contribution in [2.24, 2.45) is 23.0 Å². The first-order valence-corrected chi connectivity index (χ1v) is 13.8. The molecule has 2 aliphatic rings. The summed E-state index contributed by atoms with van der Waals surface area (Å²) in [7, 11) is 0. The highest BCUT2D eigenvalue weighted by Crippen LogP contribution is 2.33. The van der Waals surface area contributed by atoms with Gasteiger partial charge in [0, 0.05) is 12.5 Å². The average molecular weight is 536 g/mol. The fraction of sp³-hybridized carbons (Fsp3) is 0.778. The molecular weight excluding hydrogens is 490 g/mol. The summed E-state index contributed by atoms with van der Waals surface area (Å²) in [5.41, 5.74) is 4.32. The van der Waals surface area contributed by atoms with E-state index in [9.17, 15) is 28.8 Å². The minimum atomic E-state index is -1.15. The molecule has 5 amide bonds. The molecule has 0 aromatic carbocycles. The second-order valence-electron chi connectivity index (χ2n) is 11.7. The highest BCUT2D eigenvalue weighted by atomic mass is 16.2. The summed E-state index contributed by atoms with van der Waals surface area (Å²) < 4.78 is 0. The Morgan fingerprint density at radius 2 is 1.61 bits per heavy atom. The van der Waals surface area contributed by atoms with Gasteiger partial charge in [-0.3, -0.25) is 24.0 Å². The number of likely N-dealkylation sites (tertiary alicyclic amines) is 1. The summed E-state index contributed by atoms with van der Waals surface area (Å²) in [6.45, 7) is 11.2. The quantitative estimate of drug-likeness (QED) is 0.260. The Morgan fingerprint density at radius 1 is 0.974 bits per heavy atom. The van der Waals surface area contributed by atoms with Crippen LogP contribution >= 0.6 is 0 Å². The molecule has 1 saturated carbocycles. The van der Waals surface area contributed by atoms with E-state index in [1.165, 1.54) is 11.8 Å². The number of hydrogen-bond acceptors (Lipinski definition) is 6. The molecule has 0 radical (unpaired) electrons. The number of nitrogens with zero attached hydrogens (tertiary/aromatic N) is 1. The second kappa shape index (κ2) is 13.2. The molecule has 11 heteroatoms. The highest BCUT2D eigenvalue weighted by molar-refractivity contribution is 6.37. The Labute approximate surface area is 225 Å². The summed E-state index contributed by atoms with van der Waals surface area (Å²) in [5.74, 6) is -3.01. The number of Topliss-reactive ketones (excluding diaryl/α,β-unsaturated/α-hetero) is 2. The minimum Gasteiger partial charge on any atom is -0.363 e. The molecule has 38 heavy (non-hydrogen) atoms. The number of rotatable bonds is 13. The second-order valence-corrected chi connectivity index (χ2v) is 11.7. The number of hydrogen-bond donors (Lipinski definition) is 4. The minimum absolute atomic E-state index is 0.0133. The van der Waals surface area contributed by atoms with E-state index in [1.807, 2.05) is 34.6 Å². The SMILES string of the molecule is CCCC(CC)C(NC(=O)NC(C(=O)N1CCC[C@H]1C(=O)NC(C)C(=O)C(N)=O)C(C)(C)C)C(=O)C1CC1. The van der Waals surface area contributed by atoms with Crippen LogP contribution in [-0.4, -0.2) is 70.9 Å². The van der Waals surface area contributed by atoms with Gasteiger partial charge in [0.1, 0.15) is 12.1 Å². The predicted molar refractivity (Wildman–Crippen MR) is 142 cm³/mol. The van der Waals surface area contributed by atoms with Crippen LogP contribution in [0.15, 0.2) is 0 Å². The third kappa shape index (κ3) is 8.01. The van der Waals surface area contributed by atoms with Crippen LogP contribution in [0, 0.1) is 17.3 Å². The van der Waals surface area contributed by atoms with E-state index in [1.54, 1.807) is 0 Å². The molecule has 0 aromatic heterocycles. The lowest BCUT2D eigenvalue weighted by Gasteiger charge is -2.36. The molecule has 5 atom stereocenters. The topological polar surface area (TPSA) is 168 Å². The van der Waals surface area contributed by atoms with Gasteiger partial charge >= 0.3 is 6.03 Å². The lowest BCUT2D eigenvalue weighted by molar-refractivity contribution is -0.143. The molecule has 0 spiro atoms. The van der Waals surface area contributed by atoms with Crippen LogP contribution in [0.5, 0.6) is 0 Å². The number of nitrogens with two attached hydrogens (primary N) is 1. The molecule has 2 fully saturated rings. The predicted octanol–water partition coefficient (Wildman–Crippen LogP) is 1.42. The summed E-state index contributed by atoms with van der Waals surface area (Å²) >= 11 is 0. The van der Waals surface area contributed by atoms with Gasteiger partial charge in [-0.1, -0.05) is 47.5 Å². The third-order valence-electron chi connectivity index (χ3n) is 7.45. The number of urea groups is 1. The Bertz CT molecular complexity index is 925. The Balaban J connectivity index is 2.17. The highest BCUT2D eigenvalue weighted by Gasteiger charge is 2.43. The fourth-order valence-corrected chi connectivity index (χ4v) is 5.04. The molecule has 1 aliphatic carbocycles. The monoisotopic (exact) mass is 535 g/mol. The van der Waals surface area contributed by atoms with Crippen LogP contribution in [0.3, 0.4) is 0 Å². The number of carbonyl (C=O) groups is 6. The Morgan fingerprint density at radius 3 is 2.11 bits per heavy atom. The molecule has 1 heterocycles. The summed E-state index contributed by atoms with van der Waals surface area (Å²) in [6, 6.07) is -4.14. The van der Waals surface area contributed by atoms with Crippen molar-refractivity contribution >= 4 is 35.3 Å². The third-order valence-corrected chi connectivity index (χ3v) is 7.45. The van der Waals surface area contributed by atoms with Gasteiger partial charge < -0.3 is 26.6 Å².